The Labute approximate surface area is 137 Å². The number of aliphatic hydroxyl groups is 1. The first-order chi connectivity index (χ1) is 11.1. The maximum atomic E-state index is 12.0. The van der Waals surface area contributed by atoms with Gasteiger partial charge in [0.05, 0.1) is 0 Å². The van der Waals surface area contributed by atoms with E-state index in [1.54, 1.807) is 0 Å². The second-order valence-corrected chi connectivity index (χ2v) is 5.23. The highest BCUT2D eigenvalue weighted by atomic mass is 16.3. The first-order valence-corrected chi connectivity index (χ1v) is 7.80. The monoisotopic (exact) mass is 316 g/mol. The number of unbranched alkanes of at least 4 members (excludes halogenated alkanes) is 1. The van der Waals surface area contributed by atoms with Gasteiger partial charge in [-0.25, -0.2) is 0 Å². The molecule has 0 saturated heterocycles. The first kappa shape index (κ1) is 18.7. The molecule has 0 aromatic heterocycles. The van der Waals surface area contributed by atoms with Crippen molar-refractivity contribution in [3.8, 4) is 11.8 Å². The number of aliphatic hydroxyl groups excluding tert-OH is 1. The highest BCUT2D eigenvalue weighted by molar-refractivity contribution is 5.86. The van der Waals surface area contributed by atoms with Crippen molar-refractivity contribution in [3.63, 3.8) is 0 Å². The van der Waals surface area contributed by atoms with Crippen LogP contribution in [0.5, 0.6) is 0 Å². The number of carbonyl (C=O) groups excluding carboxylic acids is 2. The lowest BCUT2D eigenvalue weighted by Crippen LogP contribution is -2.46. The molecule has 5 heteroatoms. The van der Waals surface area contributed by atoms with Crippen LogP contribution in [0, 0.1) is 11.8 Å². The fourth-order valence-corrected chi connectivity index (χ4v) is 1.95. The number of hydrogen-bond donors (Lipinski definition) is 3. The van der Waals surface area contributed by atoms with E-state index in [0.717, 1.165) is 24.0 Å². The van der Waals surface area contributed by atoms with Gasteiger partial charge in [0.15, 0.2) is 0 Å². The molecule has 1 unspecified atom stereocenters. The maximum absolute atomic E-state index is 12.0. The predicted octanol–water partition coefficient (Wildman–Crippen LogP) is 1.34. The summed E-state index contributed by atoms with van der Waals surface area (Å²) in [6.07, 6.45) is 2.12. The molecule has 1 aromatic rings. The van der Waals surface area contributed by atoms with Crippen molar-refractivity contribution in [3.05, 3.63) is 35.4 Å². The number of carbonyl (C=O) groups is 2. The molecular weight excluding hydrogens is 292 g/mol. The topological polar surface area (TPSA) is 78.4 Å². The van der Waals surface area contributed by atoms with Crippen LogP contribution in [0.15, 0.2) is 24.3 Å². The van der Waals surface area contributed by atoms with Crippen LogP contribution in [-0.4, -0.2) is 29.6 Å². The van der Waals surface area contributed by atoms with E-state index in [2.05, 4.69) is 29.4 Å². The molecule has 0 bridgehead atoms. The molecule has 0 aliphatic carbocycles. The molecule has 0 fully saturated rings. The van der Waals surface area contributed by atoms with Crippen LogP contribution < -0.4 is 10.6 Å². The lowest BCUT2D eigenvalue weighted by Gasteiger charge is -2.16. The quantitative estimate of drug-likeness (QED) is 0.664. The molecule has 0 aliphatic heterocycles. The third kappa shape index (κ3) is 7.48. The third-order valence-electron chi connectivity index (χ3n) is 3.14. The molecular formula is C18H24N2O3. The van der Waals surface area contributed by atoms with Crippen molar-refractivity contribution >= 4 is 11.8 Å². The molecule has 1 rings (SSSR count). The van der Waals surface area contributed by atoms with Gasteiger partial charge >= 0.3 is 0 Å². The Morgan fingerprint density at radius 3 is 2.52 bits per heavy atom. The molecule has 1 atom stereocenters. The summed E-state index contributed by atoms with van der Waals surface area (Å²) in [7, 11) is 0. The van der Waals surface area contributed by atoms with E-state index in [0.29, 0.717) is 6.54 Å². The van der Waals surface area contributed by atoms with Crippen LogP contribution in [0.4, 0.5) is 0 Å². The van der Waals surface area contributed by atoms with E-state index in [1.807, 2.05) is 24.3 Å². The van der Waals surface area contributed by atoms with Crippen LogP contribution in [0.3, 0.4) is 0 Å². The van der Waals surface area contributed by atoms with Crippen molar-refractivity contribution in [1.82, 2.24) is 10.6 Å². The fraction of sp³-hybridized carbons (Fsp3) is 0.444. The van der Waals surface area contributed by atoms with Gasteiger partial charge in [0, 0.05) is 32.1 Å². The molecule has 0 radical (unpaired) electrons. The summed E-state index contributed by atoms with van der Waals surface area (Å²) in [5.74, 6) is 5.56. The summed E-state index contributed by atoms with van der Waals surface area (Å²) < 4.78 is 0. The lowest BCUT2D eigenvalue weighted by molar-refractivity contribution is -0.128. The van der Waals surface area contributed by atoms with Gasteiger partial charge in [-0.1, -0.05) is 30.9 Å². The van der Waals surface area contributed by atoms with Crippen LogP contribution >= 0.6 is 0 Å². The zero-order chi connectivity index (χ0) is 17.1. The Morgan fingerprint density at radius 1 is 1.26 bits per heavy atom. The molecule has 2 amide bonds. The Kier molecular flexibility index (Phi) is 8.48. The largest absolute Gasteiger partial charge is 0.396 e. The minimum atomic E-state index is -0.711. The smallest absolute Gasteiger partial charge is 0.242 e. The molecule has 0 saturated carbocycles. The molecule has 124 valence electrons. The summed E-state index contributed by atoms with van der Waals surface area (Å²) >= 11 is 0. The molecule has 5 nitrogen and oxygen atoms in total. The van der Waals surface area contributed by atoms with Crippen LogP contribution in [0.2, 0.25) is 0 Å². The van der Waals surface area contributed by atoms with E-state index in [1.165, 1.54) is 6.92 Å². The third-order valence-corrected chi connectivity index (χ3v) is 3.14. The average molecular weight is 316 g/mol. The molecule has 23 heavy (non-hydrogen) atoms. The zero-order valence-corrected chi connectivity index (χ0v) is 13.7. The van der Waals surface area contributed by atoms with Crippen molar-refractivity contribution in [2.45, 2.75) is 45.7 Å². The number of hydrogen-bond acceptors (Lipinski definition) is 3. The number of amides is 2. The minimum Gasteiger partial charge on any atom is -0.396 e. The lowest BCUT2D eigenvalue weighted by atomic mass is 10.1. The number of nitrogens with one attached hydrogen (secondary N) is 2. The van der Waals surface area contributed by atoms with Crippen molar-refractivity contribution in [2.75, 3.05) is 6.61 Å². The first-order valence-electron chi connectivity index (χ1n) is 7.80. The Bertz CT molecular complexity index is 570. The van der Waals surface area contributed by atoms with Crippen LogP contribution in [0.1, 0.15) is 44.2 Å². The summed E-state index contributed by atoms with van der Waals surface area (Å²) in [4.78, 5) is 23.1. The van der Waals surface area contributed by atoms with E-state index in [9.17, 15) is 9.59 Å². The van der Waals surface area contributed by atoms with Crippen molar-refractivity contribution < 1.29 is 14.7 Å². The predicted molar refractivity (Wildman–Crippen MR) is 89.4 cm³/mol. The van der Waals surface area contributed by atoms with E-state index in [-0.39, 0.29) is 24.8 Å². The maximum Gasteiger partial charge on any atom is 0.242 e. The highest BCUT2D eigenvalue weighted by Gasteiger charge is 2.18. The van der Waals surface area contributed by atoms with Crippen molar-refractivity contribution in [2.24, 2.45) is 0 Å². The van der Waals surface area contributed by atoms with Gasteiger partial charge in [0.2, 0.25) is 11.8 Å². The number of benzene rings is 1. The second-order valence-electron chi connectivity index (χ2n) is 5.23. The Hall–Kier alpha value is -2.32. The van der Waals surface area contributed by atoms with E-state index >= 15 is 0 Å². The van der Waals surface area contributed by atoms with E-state index < -0.39 is 6.04 Å². The summed E-state index contributed by atoms with van der Waals surface area (Å²) in [5, 5.41) is 14.2. The van der Waals surface area contributed by atoms with Gasteiger partial charge in [-0.15, -0.1) is 0 Å². The zero-order valence-electron chi connectivity index (χ0n) is 13.7. The normalized spacial score (nSPS) is 11.1. The number of rotatable bonds is 7. The molecule has 1 aromatic carbocycles. The SMILES string of the molecule is CCCC#Cc1ccc(CNC(=O)C(CCO)NC(C)=O)cc1. The standard InChI is InChI=1S/C18H24N2O3/c1-3-4-5-6-15-7-9-16(10-8-15)13-19-18(23)17(11-12-21)20-14(2)22/h7-10,17,21H,3-4,11-13H2,1-2H3,(H,19,23)(H,20,22). The minimum absolute atomic E-state index is 0.163. The van der Waals surface area contributed by atoms with Gasteiger partial charge in [-0.05, 0) is 30.5 Å². The van der Waals surface area contributed by atoms with Gasteiger partial charge in [0.25, 0.3) is 0 Å². The molecule has 0 heterocycles. The Balaban J connectivity index is 2.54. The van der Waals surface area contributed by atoms with Gasteiger partial charge in [-0.2, -0.15) is 0 Å². The molecule has 3 N–H and O–H groups in total. The summed E-state index contributed by atoms with van der Waals surface area (Å²) in [5.41, 5.74) is 1.90. The fourth-order valence-electron chi connectivity index (χ4n) is 1.95. The molecule has 0 spiro atoms. The Morgan fingerprint density at radius 2 is 1.96 bits per heavy atom. The van der Waals surface area contributed by atoms with Gasteiger partial charge in [0.1, 0.15) is 6.04 Å². The highest BCUT2D eigenvalue weighted by Crippen LogP contribution is 2.04. The summed E-state index contributed by atoms with van der Waals surface area (Å²) in [6, 6.07) is 6.95. The van der Waals surface area contributed by atoms with E-state index in [4.69, 9.17) is 5.11 Å². The second kappa shape index (κ2) is 10.4. The van der Waals surface area contributed by atoms with Crippen molar-refractivity contribution in [1.29, 1.82) is 0 Å². The van der Waals surface area contributed by atoms with Gasteiger partial charge in [-0.3, -0.25) is 9.59 Å². The van der Waals surface area contributed by atoms with Gasteiger partial charge < -0.3 is 15.7 Å². The van der Waals surface area contributed by atoms with Crippen LogP contribution in [0.25, 0.3) is 0 Å². The average Bonchev–Trinajstić information content (AvgIpc) is 2.53. The molecule has 0 aliphatic rings. The summed E-state index contributed by atoms with van der Waals surface area (Å²) in [6.45, 7) is 3.63. The van der Waals surface area contributed by atoms with Crippen LogP contribution in [-0.2, 0) is 16.1 Å².